The zero-order valence-electron chi connectivity index (χ0n) is 12.3. The number of aryl methyl sites for hydroxylation is 1. The van der Waals surface area contributed by atoms with Gasteiger partial charge in [0.05, 0.1) is 9.90 Å². The summed E-state index contributed by atoms with van der Waals surface area (Å²) in [5.41, 5.74) is 1.08. The van der Waals surface area contributed by atoms with E-state index in [-0.39, 0.29) is 0 Å². The summed E-state index contributed by atoms with van der Waals surface area (Å²) in [4.78, 5) is 7.87. The van der Waals surface area contributed by atoms with Gasteiger partial charge in [-0.3, -0.25) is 5.10 Å². The highest BCUT2D eigenvalue weighted by molar-refractivity contribution is 7.14. The second-order valence-electron chi connectivity index (χ2n) is 5.56. The Morgan fingerprint density at radius 1 is 1.57 bits per heavy atom. The highest BCUT2D eigenvalue weighted by atomic mass is 35.5. The van der Waals surface area contributed by atoms with Crippen molar-refractivity contribution in [2.45, 2.75) is 19.8 Å². The van der Waals surface area contributed by atoms with Gasteiger partial charge < -0.3 is 10.2 Å². The molecule has 1 unspecified atom stereocenters. The summed E-state index contributed by atoms with van der Waals surface area (Å²) in [7, 11) is 2.00. The summed E-state index contributed by atoms with van der Waals surface area (Å²) in [6, 6.07) is 0. The molecule has 1 aliphatic heterocycles. The van der Waals surface area contributed by atoms with E-state index in [4.69, 9.17) is 11.6 Å². The molecule has 2 N–H and O–H groups in total. The van der Waals surface area contributed by atoms with Gasteiger partial charge in [0.1, 0.15) is 0 Å². The molecule has 0 aromatic carbocycles. The summed E-state index contributed by atoms with van der Waals surface area (Å²) in [6.45, 7) is 5.08. The first-order valence-electron chi connectivity index (χ1n) is 7.25. The lowest BCUT2D eigenvalue weighted by Crippen LogP contribution is -2.39. The molecule has 114 valence electrons. The van der Waals surface area contributed by atoms with Gasteiger partial charge in [-0.15, -0.1) is 16.4 Å². The molecule has 0 radical (unpaired) electrons. The second kappa shape index (κ2) is 6.34. The topological polar surface area (TPSA) is 56.8 Å². The Morgan fingerprint density at radius 3 is 3.14 bits per heavy atom. The van der Waals surface area contributed by atoms with Gasteiger partial charge in [0.2, 0.25) is 5.95 Å². The van der Waals surface area contributed by atoms with Crippen molar-refractivity contribution in [3.8, 4) is 10.7 Å². The molecule has 3 rings (SSSR count). The van der Waals surface area contributed by atoms with Crippen molar-refractivity contribution in [2.24, 2.45) is 5.92 Å². The third kappa shape index (κ3) is 3.07. The first kappa shape index (κ1) is 14.8. The van der Waals surface area contributed by atoms with Gasteiger partial charge in [0.15, 0.2) is 5.82 Å². The molecule has 7 heteroatoms. The van der Waals surface area contributed by atoms with Crippen LogP contribution < -0.4 is 10.2 Å². The predicted molar refractivity (Wildman–Crippen MR) is 88.3 cm³/mol. The van der Waals surface area contributed by atoms with Crippen LogP contribution in [-0.4, -0.2) is 41.9 Å². The number of hydrogen-bond acceptors (Lipinski definition) is 5. The summed E-state index contributed by atoms with van der Waals surface area (Å²) in [5.74, 6) is 2.22. The molecule has 2 aromatic rings. The quantitative estimate of drug-likeness (QED) is 0.907. The van der Waals surface area contributed by atoms with Crippen molar-refractivity contribution in [3.63, 3.8) is 0 Å². The maximum atomic E-state index is 6.30. The number of anilines is 1. The normalized spacial score (nSPS) is 19.2. The Bertz CT molecular complexity index is 606. The number of aromatic amines is 1. The fourth-order valence-corrected chi connectivity index (χ4v) is 4.01. The SMILES string of the molecule is CNCC1CCCN(c2n[nH]c(-c3scc(C)c3Cl)n2)C1. The smallest absolute Gasteiger partial charge is 0.245 e. The van der Waals surface area contributed by atoms with Crippen molar-refractivity contribution in [1.82, 2.24) is 20.5 Å². The average molecular weight is 326 g/mol. The highest BCUT2D eigenvalue weighted by Gasteiger charge is 2.23. The molecule has 0 bridgehead atoms. The first-order chi connectivity index (χ1) is 10.2. The fourth-order valence-electron chi connectivity index (χ4n) is 2.79. The van der Waals surface area contributed by atoms with Gasteiger partial charge in [-0.2, -0.15) is 4.98 Å². The molecule has 3 heterocycles. The van der Waals surface area contributed by atoms with Crippen LogP contribution >= 0.6 is 22.9 Å². The Balaban J connectivity index is 1.77. The van der Waals surface area contributed by atoms with Crippen LogP contribution in [0.2, 0.25) is 5.02 Å². The molecule has 1 atom stereocenters. The summed E-state index contributed by atoms with van der Waals surface area (Å²) in [5, 5.41) is 13.5. The van der Waals surface area contributed by atoms with E-state index in [2.05, 4.69) is 25.4 Å². The zero-order valence-corrected chi connectivity index (χ0v) is 13.9. The van der Waals surface area contributed by atoms with E-state index in [1.165, 1.54) is 12.8 Å². The number of thiophene rings is 1. The summed E-state index contributed by atoms with van der Waals surface area (Å²) >= 11 is 7.91. The lowest BCUT2D eigenvalue weighted by molar-refractivity contribution is 0.399. The molecule has 21 heavy (non-hydrogen) atoms. The predicted octanol–water partition coefficient (Wildman–Crippen LogP) is 2.93. The number of halogens is 1. The van der Waals surface area contributed by atoms with Crippen molar-refractivity contribution in [1.29, 1.82) is 0 Å². The number of nitrogens with zero attached hydrogens (tertiary/aromatic N) is 3. The van der Waals surface area contributed by atoms with Crippen molar-refractivity contribution < 1.29 is 0 Å². The molecule has 1 aliphatic rings. The minimum Gasteiger partial charge on any atom is -0.339 e. The maximum Gasteiger partial charge on any atom is 0.245 e. The van der Waals surface area contributed by atoms with Crippen LogP contribution in [0, 0.1) is 12.8 Å². The molecule has 5 nitrogen and oxygen atoms in total. The van der Waals surface area contributed by atoms with Gasteiger partial charge >= 0.3 is 0 Å². The van der Waals surface area contributed by atoms with Crippen LogP contribution in [0.25, 0.3) is 10.7 Å². The largest absolute Gasteiger partial charge is 0.339 e. The third-order valence-corrected chi connectivity index (χ3v) is 5.59. The van der Waals surface area contributed by atoms with Crippen molar-refractivity contribution in [3.05, 3.63) is 16.0 Å². The minimum atomic E-state index is 0.665. The molecular weight excluding hydrogens is 306 g/mol. The molecular formula is C14H20ClN5S. The number of piperidine rings is 1. The van der Waals surface area contributed by atoms with E-state index in [0.29, 0.717) is 5.92 Å². The highest BCUT2D eigenvalue weighted by Crippen LogP contribution is 2.35. The van der Waals surface area contributed by atoms with Crippen LogP contribution in [0.3, 0.4) is 0 Å². The van der Waals surface area contributed by atoms with E-state index in [1.54, 1.807) is 11.3 Å². The van der Waals surface area contributed by atoms with Crippen LogP contribution in [0.1, 0.15) is 18.4 Å². The van der Waals surface area contributed by atoms with Gasteiger partial charge in [-0.25, -0.2) is 0 Å². The summed E-state index contributed by atoms with van der Waals surface area (Å²) < 4.78 is 0. The van der Waals surface area contributed by atoms with Gasteiger partial charge in [-0.05, 0) is 50.2 Å². The van der Waals surface area contributed by atoms with E-state index in [0.717, 1.165) is 46.9 Å². The Labute approximate surface area is 133 Å². The number of H-pyrrole nitrogens is 1. The first-order valence-corrected chi connectivity index (χ1v) is 8.50. The summed E-state index contributed by atoms with van der Waals surface area (Å²) in [6.07, 6.45) is 2.46. The molecule has 0 spiro atoms. The number of nitrogens with one attached hydrogen (secondary N) is 2. The number of rotatable bonds is 4. The molecule has 0 aliphatic carbocycles. The van der Waals surface area contributed by atoms with Crippen LogP contribution in [0.5, 0.6) is 0 Å². The lowest BCUT2D eigenvalue weighted by Gasteiger charge is -2.31. The van der Waals surface area contributed by atoms with Crippen LogP contribution in [0.4, 0.5) is 5.95 Å². The standard InChI is InChI=1S/C14H20ClN5S/c1-9-8-21-12(11(9)15)13-17-14(19-18-13)20-5-3-4-10(7-20)6-16-2/h8,10,16H,3-7H2,1-2H3,(H,17,18,19). The number of hydrogen-bond donors (Lipinski definition) is 2. The van der Waals surface area contributed by atoms with Crippen LogP contribution in [0.15, 0.2) is 5.38 Å². The average Bonchev–Trinajstić information content (AvgIpc) is 3.08. The second-order valence-corrected chi connectivity index (χ2v) is 6.82. The fraction of sp³-hybridized carbons (Fsp3) is 0.571. The van der Waals surface area contributed by atoms with E-state index < -0.39 is 0 Å². The Kier molecular flexibility index (Phi) is 4.47. The van der Waals surface area contributed by atoms with Crippen molar-refractivity contribution in [2.75, 3.05) is 31.6 Å². The van der Waals surface area contributed by atoms with Crippen molar-refractivity contribution >= 4 is 28.9 Å². The molecule has 2 aromatic heterocycles. The Morgan fingerprint density at radius 2 is 2.43 bits per heavy atom. The maximum absolute atomic E-state index is 6.30. The lowest BCUT2D eigenvalue weighted by atomic mass is 9.98. The Hall–Kier alpha value is -1.11. The van der Waals surface area contributed by atoms with Gasteiger partial charge in [0, 0.05) is 13.1 Å². The van der Waals surface area contributed by atoms with Crippen LogP contribution in [-0.2, 0) is 0 Å². The van der Waals surface area contributed by atoms with E-state index in [1.807, 2.05) is 19.4 Å². The molecule has 0 amide bonds. The van der Waals surface area contributed by atoms with Gasteiger partial charge in [-0.1, -0.05) is 11.6 Å². The zero-order chi connectivity index (χ0) is 14.8. The molecule has 1 fully saturated rings. The molecule has 0 saturated carbocycles. The monoisotopic (exact) mass is 325 g/mol. The number of aromatic nitrogens is 3. The molecule has 1 saturated heterocycles. The van der Waals surface area contributed by atoms with Gasteiger partial charge in [0.25, 0.3) is 0 Å². The third-order valence-electron chi connectivity index (χ3n) is 3.88. The minimum absolute atomic E-state index is 0.665. The van der Waals surface area contributed by atoms with E-state index in [9.17, 15) is 0 Å². The van der Waals surface area contributed by atoms with E-state index >= 15 is 0 Å².